The lowest BCUT2D eigenvalue weighted by atomic mass is 10.1. The third kappa shape index (κ3) is 3.71. The lowest BCUT2D eigenvalue weighted by molar-refractivity contribution is -0.123. The van der Waals surface area contributed by atoms with Crippen LogP contribution in [-0.4, -0.2) is 24.5 Å². The number of benzene rings is 1. The topological polar surface area (TPSA) is 96.2 Å². The van der Waals surface area contributed by atoms with Gasteiger partial charge in [-0.2, -0.15) is 0 Å². The van der Waals surface area contributed by atoms with E-state index in [9.17, 15) is 9.59 Å². The van der Waals surface area contributed by atoms with Gasteiger partial charge in [-0.05, 0) is 44.0 Å². The molecule has 1 aliphatic rings. The minimum absolute atomic E-state index is 0.0364. The first-order chi connectivity index (χ1) is 9.56. The maximum Gasteiger partial charge on any atom is 0.316 e. The number of hydrogen-bond donors (Lipinski definition) is 4. The van der Waals surface area contributed by atoms with Crippen LogP contribution in [-0.2, 0) is 4.79 Å². The molecule has 20 heavy (non-hydrogen) atoms. The average Bonchev–Trinajstić information content (AvgIpc) is 2.92. The zero-order chi connectivity index (χ0) is 14.5. The fraction of sp³-hybridized carbons (Fsp3) is 0.429. The minimum atomic E-state index is -0.591. The summed E-state index contributed by atoms with van der Waals surface area (Å²) in [7, 11) is 0. The number of hydrogen-bond acceptors (Lipinski definition) is 3. The molecule has 0 saturated carbocycles. The third-order valence-corrected chi connectivity index (χ3v) is 3.41. The van der Waals surface area contributed by atoms with Crippen LogP contribution in [0.5, 0.6) is 0 Å². The molecule has 1 unspecified atom stereocenters. The van der Waals surface area contributed by atoms with E-state index in [1.54, 1.807) is 12.1 Å². The Bertz CT molecular complexity index is 480. The van der Waals surface area contributed by atoms with Gasteiger partial charge in [-0.3, -0.25) is 4.79 Å². The Morgan fingerprint density at radius 1 is 1.35 bits per heavy atom. The summed E-state index contributed by atoms with van der Waals surface area (Å²) in [5.74, 6) is 0.0364. The van der Waals surface area contributed by atoms with E-state index in [0.29, 0.717) is 5.69 Å². The Labute approximate surface area is 118 Å². The highest BCUT2D eigenvalue weighted by Crippen LogP contribution is 2.16. The van der Waals surface area contributed by atoms with Gasteiger partial charge in [0.25, 0.3) is 0 Å². The summed E-state index contributed by atoms with van der Waals surface area (Å²) in [4.78, 5) is 22.7. The van der Waals surface area contributed by atoms with Crippen molar-refractivity contribution in [3.8, 4) is 0 Å². The maximum absolute atomic E-state index is 12.0. The Morgan fingerprint density at radius 3 is 2.60 bits per heavy atom. The van der Waals surface area contributed by atoms with Gasteiger partial charge in [0, 0.05) is 5.69 Å². The van der Waals surface area contributed by atoms with Crippen LogP contribution in [0, 0.1) is 0 Å². The van der Waals surface area contributed by atoms with E-state index < -0.39 is 6.03 Å². The van der Waals surface area contributed by atoms with E-state index in [1.165, 1.54) is 0 Å². The first-order valence-corrected chi connectivity index (χ1v) is 6.76. The van der Waals surface area contributed by atoms with Crippen molar-refractivity contribution in [1.82, 2.24) is 10.6 Å². The van der Waals surface area contributed by atoms with Gasteiger partial charge in [-0.15, -0.1) is 0 Å². The van der Waals surface area contributed by atoms with Crippen LogP contribution in [0.15, 0.2) is 24.3 Å². The lowest BCUT2D eigenvalue weighted by Gasteiger charge is -2.18. The first kappa shape index (κ1) is 14.3. The third-order valence-electron chi connectivity index (χ3n) is 3.41. The second kappa shape index (κ2) is 6.38. The van der Waals surface area contributed by atoms with Crippen molar-refractivity contribution in [2.24, 2.45) is 5.73 Å². The molecular formula is C14H20N4O2. The van der Waals surface area contributed by atoms with Crippen molar-refractivity contribution in [2.75, 3.05) is 11.9 Å². The molecule has 1 heterocycles. The fourth-order valence-electron chi connectivity index (χ4n) is 2.30. The van der Waals surface area contributed by atoms with Crippen molar-refractivity contribution in [3.05, 3.63) is 29.8 Å². The highest BCUT2D eigenvalue weighted by atomic mass is 16.2. The Morgan fingerprint density at radius 2 is 2.05 bits per heavy atom. The van der Waals surface area contributed by atoms with Gasteiger partial charge < -0.3 is 21.7 Å². The van der Waals surface area contributed by atoms with Crippen LogP contribution in [0.4, 0.5) is 10.5 Å². The molecule has 108 valence electrons. The maximum atomic E-state index is 12.0. The van der Waals surface area contributed by atoms with Crippen LogP contribution < -0.4 is 21.7 Å². The number of nitrogens with two attached hydrogens (primary N) is 1. The summed E-state index contributed by atoms with van der Waals surface area (Å²) < 4.78 is 0. The lowest BCUT2D eigenvalue weighted by Crippen LogP contribution is -2.41. The molecule has 1 aromatic rings. The van der Waals surface area contributed by atoms with Gasteiger partial charge in [0.15, 0.2) is 0 Å². The summed E-state index contributed by atoms with van der Waals surface area (Å²) in [6.07, 6.45) is 1.93. The zero-order valence-corrected chi connectivity index (χ0v) is 11.5. The molecule has 0 radical (unpaired) electrons. The summed E-state index contributed by atoms with van der Waals surface area (Å²) in [5.41, 5.74) is 6.66. The van der Waals surface area contributed by atoms with E-state index in [-0.39, 0.29) is 18.0 Å². The van der Waals surface area contributed by atoms with E-state index in [0.717, 1.165) is 24.9 Å². The van der Waals surface area contributed by atoms with Crippen LogP contribution in [0.2, 0.25) is 0 Å². The highest BCUT2D eigenvalue weighted by Gasteiger charge is 2.23. The quantitative estimate of drug-likeness (QED) is 0.663. The number of carbonyl (C=O) groups is 2. The van der Waals surface area contributed by atoms with Crippen molar-refractivity contribution in [1.29, 1.82) is 0 Å². The number of anilines is 1. The number of primary amides is 1. The van der Waals surface area contributed by atoms with Gasteiger partial charge in [-0.25, -0.2) is 4.79 Å². The van der Waals surface area contributed by atoms with Gasteiger partial charge in [-0.1, -0.05) is 12.1 Å². The normalized spacial score (nSPS) is 19.4. The SMILES string of the molecule is CC(NC(=O)[C@@H]1CCCN1)c1ccc(NC(N)=O)cc1. The van der Waals surface area contributed by atoms with Crippen LogP contribution in [0.1, 0.15) is 31.4 Å². The standard InChI is InChI=1S/C14H20N4O2/c1-9(17-13(19)12-3-2-8-16-12)10-4-6-11(7-5-10)18-14(15)20/h4-7,9,12,16H,2-3,8H2,1H3,(H,17,19)(H3,15,18,20)/t9?,12-/m0/s1. The molecule has 1 aliphatic heterocycles. The van der Waals surface area contributed by atoms with Crippen LogP contribution in [0.25, 0.3) is 0 Å². The molecule has 0 bridgehead atoms. The van der Waals surface area contributed by atoms with Gasteiger partial charge in [0.1, 0.15) is 0 Å². The average molecular weight is 276 g/mol. The van der Waals surface area contributed by atoms with E-state index in [2.05, 4.69) is 16.0 Å². The summed E-state index contributed by atoms with van der Waals surface area (Å²) in [6.45, 7) is 2.84. The highest BCUT2D eigenvalue weighted by molar-refractivity contribution is 5.87. The zero-order valence-electron chi connectivity index (χ0n) is 11.5. The summed E-state index contributed by atoms with van der Waals surface area (Å²) >= 11 is 0. The molecule has 1 saturated heterocycles. The number of carbonyl (C=O) groups excluding carboxylic acids is 2. The number of urea groups is 1. The van der Waals surface area contributed by atoms with E-state index in [1.807, 2.05) is 19.1 Å². The van der Waals surface area contributed by atoms with Crippen LogP contribution in [0.3, 0.4) is 0 Å². The smallest absolute Gasteiger partial charge is 0.316 e. The minimum Gasteiger partial charge on any atom is -0.351 e. The molecule has 2 rings (SSSR count). The van der Waals surface area contributed by atoms with E-state index in [4.69, 9.17) is 5.73 Å². The van der Waals surface area contributed by atoms with Crippen LogP contribution >= 0.6 is 0 Å². The Kier molecular flexibility index (Phi) is 4.57. The molecule has 1 aromatic carbocycles. The monoisotopic (exact) mass is 276 g/mol. The molecule has 2 atom stereocenters. The summed E-state index contributed by atoms with van der Waals surface area (Å²) in [5, 5.41) is 8.65. The Balaban J connectivity index is 1.92. The Hall–Kier alpha value is -2.08. The van der Waals surface area contributed by atoms with Gasteiger partial charge in [0.2, 0.25) is 5.91 Å². The fourth-order valence-corrected chi connectivity index (χ4v) is 2.30. The van der Waals surface area contributed by atoms with Gasteiger partial charge >= 0.3 is 6.03 Å². The number of rotatable bonds is 4. The van der Waals surface area contributed by atoms with Crippen molar-refractivity contribution in [2.45, 2.75) is 31.8 Å². The first-order valence-electron chi connectivity index (χ1n) is 6.76. The molecule has 6 heteroatoms. The molecule has 0 spiro atoms. The number of amides is 3. The number of nitrogens with one attached hydrogen (secondary N) is 3. The summed E-state index contributed by atoms with van der Waals surface area (Å²) in [6, 6.07) is 6.50. The predicted molar refractivity (Wildman–Crippen MR) is 77.2 cm³/mol. The second-order valence-corrected chi connectivity index (χ2v) is 4.99. The van der Waals surface area contributed by atoms with Crippen molar-refractivity contribution >= 4 is 17.6 Å². The molecular weight excluding hydrogens is 256 g/mol. The molecule has 6 nitrogen and oxygen atoms in total. The molecule has 0 aromatic heterocycles. The predicted octanol–water partition coefficient (Wildman–Crippen LogP) is 1.11. The molecule has 1 fully saturated rings. The largest absolute Gasteiger partial charge is 0.351 e. The second-order valence-electron chi connectivity index (χ2n) is 4.99. The van der Waals surface area contributed by atoms with Gasteiger partial charge in [0.05, 0.1) is 12.1 Å². The molecule has 5 N–H and O–H groups in total. The molecule has 3 amide bonds. The van der Waals surface area contributed by atoms with E-state index >= 15 is 0 Å². The van der Waals surface area contributed by atoms with Crippen molar-refractivity contribution < 1.29 is 9.59 Å². The van der Waals surface area contributed by atoms with Crippen molar-refractivity contribution in [3.63, 3.8) is 0 Å². The molecule has 0 aliphatic carbocycles.